The van der Waals surface area contributed by atoms with E-state index in [4.69, 9.17) is 4.74 Å². The van der Waals surface area contributed by atoms with E-state index in [1.807, 2.05) is 90.7 Å². The summed E-state index contributed by atoms with van der Waals surface area (Å²) in [4.78, 5) is 14.9. The molecule has 1 unspecified atom stereocenters. The Hall–Kier alpha value is -3.27. The smallest absolute Gasteiger partial charge is 0.322 e. The van der Waals surface area contributed by atoms with E-state index in [1.165, 1.54) is 5.56 Å². The van der Waals surface area contributed by atoms with E-state index < -0.39 is 0 Å². The Morgan fingerprint density at radius 3 is 2.37 bits per heavy atom. The zero-order valence-electron chi connectivity index (χ0n) is 18.0. The molecule has 0 aliphatic carbocycles. The van der Waals surface area contributed by atoms with Gasteiger partial charge < -0.3 is 15.0 Å². The van der Waals surface area contributed by atoms with Crippen LogP contribution in [-0.4, -0.2) is 17.0 Å². The van der Waals surface area contributed by atoms with Gasteiger partial charge in [-0.1, -0.05) is 67.1 Å². The van der Waals surface area contributed by atoms with Crippen LogP contribution < -0.4 is 10.1 Å². The van der Waals surface area contributed by atoms with Gasteiger partial charge in [0.2, 0.25) is 0 Å². The first kappa shape index (κ1) is 21.4. The van der Waals surface area contributed by atoms with Gasteiger partial charge >= 0.3 is 6.03 Å². The number of urea groups is 1. The van der Waals surface area contributed by atoms with Crippen molar-refractivity contribution >= 4 is 11.7 Å². The summed E-state index contributed by atoms with van der Waals surface area (Å²) in [6.07, 6.45) is 0.880. The summed E-state index contributed by atoms with van der Waals surface area (Å²) in [6.45, 7) is 7.24. The Kier molecular flexibility index (Phi) is 7.50. The van der Waals surface area contributed by atoms with Gasteiger partial charge in [-0.25, -0.2) is 4.79 Å². The van der Waals surface area contributed by atoms with Crippen LogP contribution in [0.15, 0.2) is 78.9 Å². The fraction of sp³-hybridized carbons (Fsp3) is 0.269. The van der Waals surface area contributed by atoms with Gasteiger partial charge in [0.15, 0.2) is 0 Å². The highest BCUT2D eigenvalue weighted by Crippen LogP contribution is 2.19. The molecule has 0 spiro atoms. The molecule has 0 heterocycles. The van der Waals surface area contributed by atoms with Crippen molar-refractivity contribution in [2.75, 3.05) is 5.32 Å². The van der Waals surface area contributed by atoms with Gasteiger partial charge in [0, 0.05) is 18.3 Å². The minimum Gasteiger partial charge on any atom is -0.489 e. The second-order valence-electron chi connectivity index (χ2n) is 7.60. The van der Waals surface area contributed by atoms with Crippen molar-refractivity contribution in [1.29, 1.82) is 0 Å². The van der Waals surface area contributed by atoms with E-state index in [1.54, 1.807) is 0 Å². The number of rotatable bonds is 8. The Labute approximate surface area is 179 Å². The summed E-state index contributed by atoms with van der Waals surface area (Å²) >= 11 is 0. The highest BCUT2D eigenvalue weighted by atomic mass is 16.5. The number of aryl methyl sites for hydroxylation is 1. The van der Waals surface area contributed by atoms with Gasteiger partial charge in [-0.3, -0.25) is 0 Å². The van der Waals surface area contributed by atoms with Gasteiger partial charge in [0.1, 0.15) is 12.4 Å². The molecule has 30 heavy (non-hydrogen) atoms. The maximum Gasteiger partial charge on any atom is 0.322 e. The Morgan fingerprint density at radius 1 is 0.967 bits per heavy atom. The van der Waals surface area contributed by atoms with E-state index in [-0.39, 0.29) is 12.1 Å². The van der Waals surface area contributed by atoms with Gasteiger partial charge in [-0.05, 0) is 55.7 Å². The van der Waals surface area contributed by atoms with E-state index in [0.717, 1.165) is 29.0 Å². The molecule has 0 bridgehead atoms. The third-order valence-corrected chi connectivity index (χ3v) is 5.19. The lowest BCUT2D eigenvalue weighted by atomic mass is 10.1. The molecule has 3 rings (SSSR count). The zero-order valence-corrected chi connectivity index (χ0v) is 18.0. The number of hydrogen-bond donors (Lipinski definition) is 1. The lowest BCUT2D eigenvalue weighted by Gasteiger charge is -2.29. The van der Waals surface area contributed by atoms with Crippen LogP contribution >= 0.6 is 0 Å². The molecule has 4 heteroatoms. The molecular weight excluding hydrogens is 372 g/mol. The van der Waals surface area contributed by atoms with Crippen molar-refractivity contribution in [3.05, 3.63) is 95.6 Å². The van der Waals surface area contributed by atoms with Crippen LogP contribution in [0.1, 0.15) is 37.0 Å². The third-order valence-electron chi connectivity index (χ3n) is 5.19. The number of benzene rings is 3. The quantitative estimate of drug-likeness (QED) is 0.473. The topological polar surface area (TPSA) is 41.6 Å². The normalized spacial score (nSPS) is 11.6. The minimum atomic E-state index is -0.0937. The lowest BCUT2D eigenvalue weighted by molar-refractivity contribution is 0.187. The van der Waals surface area contributed by atoms with Crippen molar-refractivity contribution in [2.24, 2.45) is 0 Å². The molecule has 4 nitrogen and oxygen atoms in total. The predicted octanol–water partition coefficient (Wildman–Crippen LogP) is 6.41. The van der Waals surface area contributed by atoms with Crippen molar-refractivity contribution in [3.63, 3.8) is 0 Å². The number of anilines is 1. The van der Waals surface area contributed by atoms with Gasteiger partial charge in [-0.15, -0.1) is 0 Å². The number of hydrogen-bond acceptors (Lipinski definition) is 2. The maximum atomic E-state index is 13.0. The summed E-state index contributed by atoms with van der Waals surface area (Å²) < 4.78 is 5.95. The molecule has 2 amide bonds. The van der Waals surface area contributed by atoms with Crippen molar-refractivity contribution in [2.45, 2.75) is 46.4 Å². The first-order chi connectivity index (χ1) is 14.5. The van der Waals surface area contributed by atoms with E-state index >= 15 is 0 Å². The SMILES string of the molecule is CCC(C)N(Cc1cccc(OCc2ccccc2)c1)C(=O)Nc1ccc(C)cc1. The number of amides is 2. The van der Waals surface area contributed by atoms with Crippen molar-refractivity contribution in [1.82, 2.24) is 4.90 Å². The first-order valence-corrected chi connectivity index (χ1v) is 10.4. The monoisotopic (exact) mass is 402 g/mol. The van der Waals surface area contributed by atoms with Gasteiger partial charge in [0.05, 0.1) is 0 Å². The predicted molar refractivity (Wildman–Crippen MR) is 123 cm³/mol. The highest BCUT2D eigenvalue weighted by molar-refractivity contribution is 5.89. The maximum absolute atomic E-state index is 13.0. The summed E-state index contributed by atoms with van der Waals surface area (Å²) in [5, 5.41) is 3.02. The van der Waals surface area contributed by atoms with Crippen molar-refractivity contribution in [3.8, 4) is 5.75 Å². The molecule has 3 aromatic rings. The number of ether oxygens (including phenoxy) is 1. The summed E-state index contributed by atoms with van der Waals surface area (Å²) in [5.74, 6) is 0.805. The van der Waals surface area contributed by atoms with Crippen LogP contribution in [0.5, 0.6) is 5.75 Å². The molecule has 0 saturated heterocycles. The molecule has 1 N–H and O–H groups in total. The summed E-state index contributed by atoms with van der Waals surface area (Å²) in [5.41, 5.74) is 4.14. The number of nitrogens with zero attached hydrogens (tertiary/aromatic N) is 1. The highest BCUT2D eigenvalue weighted by Gasteiger charge is 2.19. The van der Waals surface area contributed by atoms with Crippen LogP contribution in [0, 0.1) is 6.92 Å². The van der Waals surface area contributed by atoms with Crippen LogP contribution in [-0.2, 0) is 13.2 Å². The molecule has 0 aromatic heterocycles. The van der Waals surface area contributed by atoms with Crippen LogP contribution in [0.3, 0.4) is 0 Å². The minimum absolute atomic E-state index is 0.0937. The van der Waals surface area contributed by atoms with Crippen LogP contribution in [0.25, 0.3) is 0 Å². The molecular formula is C26H30N2O2. The molecule has 0 saturated carbocycles. The lowest BCUT2D eigenvalue weighted by Crippen LogP contribution is -2.40. The summed E-state index contributed by atoms with van der Waals surface area (Å²) in [7, 11) is 0. The Bertz CT molecular complexity index is 939. The first-order valence-electron chi connectivity index (χ1n) is 10.4. The molecule has 0 radical (unpaired) electrons. The fourth-order valence-corrected chi connectivity index (χ4v) is 3.15. The largest absolute Gasteiger partial charge is 0.489 e. The number of carbonyl (C=O) groups excluding carboxylic acids is 1. The fourth-order valence-electron chi connectivity index (χ4n) is 3.15. The molecule has 3 aromatic carbocycles. The molecule has 0 aliphatic heterocycles. The van der Waals surface area contributed by atoms with E-state index in [2.05, 4.69) is 19.2 Å². The Morgan fingerprint density at radius 2 is 1.67 bits per heavy atom. The molecule has 1 atom stereocenters. The average Bonchev–Trinajstić information content (AvgIpc) is 2.78. The number of nitrogens with one attached hydrogen (secondary N) is 1. The van der Waals surface area contributed by atoms with Gasteiger partial charge in [-0.2, -0.15) is 0 Å². The Balaban J connectivity index is 1.68. The standard InChI is InChI=1S/C26H30N2O2/c1-4-21(3)28(26(29)27-24-15-13-20(2)14-16-24)18-23-11-8-12-25(17-23)30-19-22-9-6-5-7-10-22/h5-17,21H,4,18-19H2,1-3H3,(H,27,29). The molecule has 0 aliphatic rings. The van der Waals surface area contributed by atoms with Gasteiger partial charge in [0.25, 0.3) is 0 Å². The van der Waals surface area contributed by atoms with E-state index in [9.17, 15) is 4.79 Å². The second kappa shape index (κ2) is 10.5. The molecule has 156 valence electrons. The molecule has 0 fully saturated rings. The zero-order chi connectivity index (χ0) is 21.3. The van der Waals surface area contributed by atoms with Crippen molar-refractivity contribution < 1.29 is 9.53 Å². The van der Waals surface area contributed by atoms with Crippen LogP contribution in [0.4, 0.5) is 10.5 Å². The second-order valence-corrected chi connectivity index (χ2v) is 7.60. The average molecular weight is 403 g/mol. The van der Waals surface area contributed by atoms with Crippen LogP contribution in [0.2, 0.25) is 0 Å². The van der Waals surface area contributed by atoms with E-state index in [0.29, 0.717) is 13.2 Å². The summed E-state index contributed by atoms with van der Waals surface area (Å²) in [6, 6.07) is 25.9. The third kappa shape index (κ3) is 6.11. The number of carbonyl (C=O) groups is 1.